The second-order valence-electron chi connectivity index (χ2n) is 10.4. The van der Waals surface area contributed by atoms with E-state index in [-0.39, 0.29) is 28.4 Å². The Morgan fingerprint density at radius 3 is 2.04 bits per heavy atom. The first-order chi connectivity index (χ1) is 12.2. The third-order valence-corrected chi connectivity index (χ3v) is 11.6. The van der Waals surface area contributed by atoms with Crippen molar-refractivity contribution in [1.29, 1.82) is 0 Å². The van der Waals surface area contributed by atoms with Crippen LogP contribution in [0.2, 0.25) is 0 Å². The first-order valence-corrected chi connectivity index (χ1v) is 11.5. The molecule has 0 N–H and O–H groups in total. The van der Waals surface area contributed by atoms with E-state index >= 15 is 0 Å². The minimum absolute atomic E-state index is 0.0522. The van der Waals surface area contributed by atoms with Gasteiger partial charge in [-0.1, -0.05) is 12.2 Å². The molecule has 0 aromatic carbocycles. The van der Waals surface area contributed by atoms with Crippen molar-refractivity contribution in [3.05, 3.63) is 12.2 Å². The second-order valence-corrected chi connectivity index (χ2v) is 11.7. The van der Waals surface area contributed by atoms with Gasteiger partial charge in [-0.05, 0) is 74.0 Å². The first-order valence-electron chi connectivity index (χ1n) is 10.6. The molecule has 6 atom stereocenters. The number of hydrogen-bond donors (Lipinski definition) is 0. The van der Waals surface area contributed by atoms with Crippen LogP contribution in [0.4, 0.5) is 0 Å². The predicted molar refractivity (Wildman–Crippen MR) is 96.9 cm³/mol. The number of carbonyl (C=O) groups is 2. The fourth-order valence-electron chi connectivity index (χ4n) is 9.12. The van der Waals surface area contributed by atoms with E-state index in [4.69, 9.17) is 0 Å². The van der Waals surface area contributed by atoms with Crippen molar-refractivity contribution in [3.63, 3.8) is 0 Å². The van der Waals surface area contributed by atoms with Gasteiger partial charge in [-0.3, -0.25) is 9.59 Å². The molecule has 3 heteroatoms. The van der Waals surface area contributed by atoms with Gasteiger partial charge in [-0.25, -0.2) is 0 Å². The quantitative estimate of drug-likeness (QED) is 0.621. The highest BCUT2D eigenvalue weighted by Gasteiger charge is 2.71. The van der Waals surface area contributed by atoms with Crippen LogP contribution in [-0.2, 0) is 9.59 Å². The fourth-order valence-corrected chi connectivity index (χ4v) is 11.3. The lowest BCUT2D eigenvalue weighted by molar-refractivity contribution is -0.152. The summed E-state index contributed by atoms with van der Waals surface area (Å²) in [6.45, 7) is 0. The van der Waals surface area contributed by atoms with Crippen LogP contribution in [0.5, 0.6) is 0 Å². The standard InChI is InChI=1S/C22H26O2S/c23-20-16-9-25-22(14-4-10-3-11(6-14)7-15(22)5-10)19(16)21(24)18-13-2-1-12(8-13)17(18)20/h1-2,10-19H,3-9H2. The molecule has 6 saturated carbocycles. The minimum Gasteiger partial charge on any atom is -0.299 e. The second kappa shape index (κ2) is 4.46. The molecule has 0 aromatic rings. The summed E-state index contributed by atoms with van der Waals surface area (Å²) in [7, 11) is 0. The monoisotopic (exact) mass is 354 g/mol. The normalized spacial score (nSPS) is 62.9. The van der Waals surface area contributed by atoms with E-state index < -0.39 is 0 Å². The maximum absolute atomic E-state index is 13.8. The van der Waals surface area contributed by atoms with Crippen LogP contribution >= 0.6 is 11.8 Å². The van der Waals surface area contributed by atoms with E-state index in [1.165, 1.54) is 32.1 Å². The lowest BCUT2D eigenvalue weighted by atomic mass is 9.46. The van der Waals surface area contributed by atoms with Gasteiger partial charge >= 0.3 is 0 Å². The Labute approximate surface area is 153 Å². The van der Waals surface area contributed by atoms with Crippen LogP contribution in [0.15, 0.2) is 12.2 Å². The van der Waals surface area contributed by atoms with Crippen molar-refractivity contribution < 1.29 is 9.59 Å². The summed E-state index contributed by atoms with van der Waals surface area (Å²) in [5.41, 5.74) is 0. The maximum atomic E-state index is 13.8. The van der Waals surface area contributed by atoms with Gasteiger partial charge in [0.25, 0.3) is 0 Å². The third kappa shape index (κ3) is 1.51. The molecule has 8 rings (SSSR count). The zero-order chi connectivity index (χ0) is 16.5. The summed E-state index contributed by atoms with van der Waals surface area (Å²) in [6.07, 6.45) is 12.4. The van der Waals surface area contributed by atoms with Crippen molar-refractivity contribution in [2.45, 2.75) is 43.3 Å². The number of hydrogen-bond acceptors (Lipinski definition) is 3. The Bertz CT molecular complexity index is 696. The van der Waals surface area contributed by atoms with Gasteiger partial charge < -0.3 is 0 Å². The zero-order valence-corrected chi connectivity index (χ0v) is 15.4. The van der Waals surface area contributed by atoms with Gasteiger partial charge in [-0.2, -0.15) is 11.8 Å². The number of thioether (sulfide) groups is 1. The number of carbonyl (C=O) groups excluding carboxylic acids is 2. The lowest BCUT2D eigenvalue weighted by Crippen LogP contribution is -2.63. The van der Waals surface area contributed by atoms with Gasteiger partial charge in [0.15, 0.2) is 0 Å². The molecule has 0 radical (unpaired) electrons. The Balaban J connectivity index is 1.35. The SMILES string of the molecule is O=C1C2CSC3(C4CC5CC(C4)CC3C5)C2C(=O)C2C3C=CC(C3)C12. The summed E-state index contributed by atoms with van der Waals surface area (Å²) in [5, 5.41) is 0. The Hall–Kier alpha value is -0.570. The summed E-state index contributed by atoms with van der Waals surface area (Å²) in [6, 6.07) is 0. The van der Waals surface area contributed by atoms with Gasteiger partial charge in [0.05, 0.1) is 0 Å². The van der Waals surface area contributed by atoms with Crippen LogP contribution in [0.1, 0.15) is 38.5 Å². The minimum atomic E-state index is 0.0522. The third-order valence-electron chi connectivity index (χ3n) is 9.60. The lowest BCUT2D eigenvalue weighted by Gasteiger charge is -2.62. The number of fused-ring (bicyclic) bond motifs is 6. The highest BCUT2D eigenvalue weighted by atomic mass is 32.2. The van der Waals surface area contributed by atoms with Crippen molar-refractivity contribution in [2.75, 3.05) is 5.75 Å². The van der Waals surface area contributed by atoms with Crippen LogP contribution in [0.3, 0.4) is 0 Å². The molecule has 7 fully saturated rings. The molecular weight excluding hydrogens is 328 g/mol. The molecule has 6 unspecified atom stereocenters. The Kier molecular flexibility index (Phi) is 2.58. The number of allylic oxidation sites excluding steroid dienone is 2. The van der Waals surface area contributed by atoms with Crippen molar-refractivity contribution >= 4 is 23.3 Å². The van der Waals surface area contributed by atoms with Crippen molar-refractivity contribution in [3.8, 4) is 0 Å². The summed E-state index contributed by atoms with van der Waals surface area (Å²) in [5.74, 6) is 6.29. The highest BCUT2D eigenvalue weighted by molar-refractivity contribution is 8.01. The molecule has 1 spiro atoms. The molecule has 0 amide bonds. The first kappa shape index (κ1) is 14.5. The van der Waals surface area contributed by atoms with E-state index in [0.717, 1.165) is 35.8 Å². The molecule has 7 aliphatic carbocycles. The van der Waals surface area contributed by atoms with Crippen LogP contribution in [0.25, 0.3) is 0 Å². The summed E-state index contributed by atoms with van der Waals surface area (Å²) in [4.78, 5) is 27.3. The summed E-state index contributed by atoms with van der Waals surface area (Å²) < 4.78 is 0.154. The zero-order valence-electron chi connectivity index (χ0n) is 14.6. The van der Waals surface area contributed by atoms with Crippen molar-refractivity contribution in [1.82, 2.24) is 0 Å². The molecule has 132 valence electrons. The van der Waals surface area contributed by atoms with Gasteiger partial charge in [0, 0.05) is 34.2 Å². The maximum Gasteiger partial charge on any atom is 0.142 e. The van der Waals surface area contributed by atoms with Crippen LogP contribution < -0.4 is 0 Å². The number of Topliss-reactive ketones (excluding diaryl/α,β-unsaturated/α-hetero) is 2. The van der Waals surface area contributed by atoms with Gasteiger partial charge in [-0.15, -0.1) is 0 Å². The molecule has 1 aliphatic heterocycles. The molecule has 8 aliphatic rings. The van der Waals surface area contributed by atoms with E-state index in [2.05, 4.69) is 23.9 Å². The average Bonchev–Trinajstić information content (AvgIpc) is 3.30. The Morgan fingerprint density at radius 1 is 0.800 bits per heavy atom. The van der Waals surface area contributed by atoms with Crippen molar-refractivity contribution in [2.24, 2.45) is 59.2 Å². The predicted octanol–water partition coefficient (Wildman–Crippen LogP) is 3.75. The number of rotatable bonds is 0. The molecular formula is C22H26O2S. The fraction of sp³-hybridized carbons (Fsp3) is 0.818. The van der Waals surface area contributed by atoms with Gasteiger partial charge in [0.2, 0.25) is 0 Å². The molecule has 6 bridgehead atoms. The van der Waals surface area contributed by atoms with Crippen LogP contribution in [0, 0.1) is 59.2 Å². The molecule has 1 saturated heterocycles. The van der Waals surface area contributed by atoms with Crippen LogP contribution in [-0.4, -0.2) is 22.1 Å². The smallest absolute Gasteiger partial charge is 0.142 e. The Morgan fingerprint density at radius 2 is 1.40 bits per heavy atom. The highest BCUT2D eigenvalue weighted by Crippen LogP contribution is 2.71. The summed E-state index contributed by atoms with van der Waals surface area (Å²) >= 11 is 2.09. The van der Waals surface area contributed by atoms with E-state index in [9.17, 15) is 9.59 Å². The van der Waals surface area contributed by atoms with Gasteiger partial charge in [0.1, 0.15) is 11.6 Å². The molecule has 0 aromatic heterocycles. The van der Waals surface area contributed by atoms with E-state index in [1.54, 1.807) is 0 Å². The molecule has 25 heavy (non-hydrogen) atoms. The van der Waals surface area contributed by atoms with E-state index in [0.29, 0.717) is 23.4 Å². The molecule has 2 nitrogen and oxygen atoms in total. The number of ketones is 2. The average molecular weight is 355 g/mol. The molecule has 1 heterocycles. The van der Waals surface area contributed by atoms with E-state index in [1.807, 2.05) is 0 Å². The topological polar surface area (TPSA) is 34.1 Å². The largest absolute Gasteiger partial charge is 0.299 e.